The van der Waals surface area contributed by atoms with Crippen LogP contribution in [0.3, 0.4) is 0 Å². The van der Waals surface area contributed by atoms with Crippen molar-refractivity contribution in [3.05, 3.63) is 64.3 Å². The molecule has 0 radical (unpaired) electrons. The van der Waals surface area contributed by atoms with Gasteiger partial charge in [0.1, 0.15) is 5.82 Å². The highest BCUT2D eigenvalue weighted by molar-refractivity contribution is 5.97. The molecule has 3 N–H and O–H groups in total. The Labute approximate surface area is 160 Å². The fraction of sp³-hybridized carbons (Fsp3) is 0.263. The number of hydrogen-bond acceptors (Lipinski definition) is 7. The molecule has 0 atom stereocenters. The van der Waals surface area contributed by atoms with Crippen LogP contribution < -0.4 is 16.2 Å². The van der Waals surface area contributed by atoms with Crippen LogP contribution in [0, 0.1) is 0 Å². The third kappa shape index (κ3) is 3.39. The Morgan fingerprint density at radius 1 is 1.18 bits per heavy atom. The zero-order valence-electron chi connectivity index (χ0n) is 15.2. The van der Waals surface area contributed by atoms with E-state index in [9.17, 15) is 14.7 Å². The van der Waals surface area contributed by atoms with Crippen molar-refractivity contribution in [3.8, 4) is 5.75 Å². The Balaban J connectivity index is 1.48. The summed E-state index contributed by atoms with van der Waals surface area (Å²) in [5.74, 6) is 0.0771. The SMILES string of the molecule is NC(=O)c1cccnc1N1CCN(Cc2cc(=O)n3cccc(O)c3n2)CC1. The summed E-state index contributed by atoms with van der Waals surface area (Å²) in [5, 5.41) is 9.97. The smallest absolute Gasteiger partial charge is 0.258 e. The molecule has 0 spiro atoms. The van der Waals surface area contributed by atoms with Crippen LogP contribution in [0.1, 0.15) is 16.1 Å². The Morgan fingerprint density at radius 3 is 2.71 bits per heavy atom. The van der Waals surface area contributed by atoms with E-state index in [0.29, 0.717) is 36.7 Å². The third-order valence-electron chi connectivity index (χ3n) is 4.83. The van der Waals surface area contributed by atoms with Gasteiger partial charge in [0, 0.05) is 51.2 Å². The van der Waals surface area contributed by atoms with E-state index in [1.165, 1.54) is 16.5 Å². The number of aromatic nitrogens is 3. The molecule has 1 fully saturated rings. The molecule has 4 rings (SSSR count). The van der Waals surface area contributed by atoms with Gasteiger partial charge < -0.3 is 15.7 Å². The van der Waals surface area contributed by atoms with Gasteiger partial charge in [-0.05, 0) is 24.3 Å². The van der Waals surface area contributed by atoms with Gasteiger partial charge in [0.2, 0.25) is 0 Å². The number of nitrogens with zero attached hydrogens (tertiary/aromatic N) is 5. The normalized spacial score (nSPS) is 15.1. The summed E-state index contributed by atoms with van der Waals surface area (Å²) in [4.78, 5) is 36.8. The highest BCUT2D eigenvalue weighted by Crippen LogP contribution is 2.19. The van der Waals surface area contributed by atoms with Gasteiger partial charge in [-0.3, -0.25) is 18.9 Å². The standard InChI is InChI=1S/C19H20N6O3/c20-17(28)14-3-1-5-21-18(14)24-9-7-23(8-10-24)12-13-11-16(27)25-6-2-4-15(26)19(25)22-13/h1-6,11,26H,7-10,12H2,(H2,20,28). The molecule has 0 bridgehead atoms. The van der Waals surface area contributed by atoms with Gasteiger partial charge in [-0.1, -0.05) is 0 Å². The minimum absolute atomic E-state index is 0.0274. The van der Waals surface area contributed by atoms with Crippen molar-refractivity contribution in [1.82, 2.24) is 19.3 Å². The zero-order valence-corrected chi connectivity index (χ0v) is 15.2. The Bertz CT molecular complexity index is 1090. The summed E-state index contributed by atoms with van der Waals surface area (Å²) < 4.78 is 1.32. The first-order valence-electron chi connectivity index (χ1n) is 8.95. The third-order valence-corrected chi connectivity index (χ3v) is 4.83. The van der Waals surface area contributed by atoms with Crippen LogP contribution in [0.15, 0.2) is 47.5 Å². The second kappa shape index (κ2) is 7.28. The number of primary amides is 1. The molecule has 0 aromatic carbocycles. The van der Waals surface area contributed by atoms with Crippen LogP contribution >= 0.6 is 0 Å². The molecular weight excluding hydrogens is 360 g/mol. The van der Waals surface area contributed by atoms with Crippen molar-refractivity contribution in [2.75, 3.05) is 31.1 Å². The van der Waals surface area contributed by atoms with Crippen LogP contribution in [0.5, 0.6) is 5.75 Å². The van der Waals surface area contributed by atoms with Gasteiger partial charge >= 0.3 is 0 Å². The number of amides is 1. The van der Waals surface area contributed by atoms with Gasteiger partial charge in [0.05, 0.1) is 11.3 Å². The van der Waals surface area contributed by atoms with Gasteiger partial charge in [-0.25, -0.2) is 9.97 Å². The fourth-order valence-electron chi connectivity index (χ4n) is 3.43. The van der Waals surface area contributed by atoms with Crippen LogP contribution in [-0.2, 0) is 6.54 Å². The molecule has 1 amide bonds. The molecule has 4 heterocycles. The first-order valence-corrected chi connectivity index (χ1v) is 8.95. The van der Waals surface area contributed by atoms with Crippen LogP contribution in [0.4, 0.5) is 5.82 Å². The molecule has 0 unspecified atom stereocenters. The largest absolute Gasteiger partial charge is 0.504 e. The zero-order chi connectivity index (χ0) is 19.7. The number of fused-ring (bicyclic) bond motifs is 1. The van der Waals surface area contributed by atoms with E-state index in [0.717, 1.165) is 13.1 Å². The Morgan fingerprint density at radius 2 is 1.96 bits per heavy atom. The average Bonchev–Trinajstić information content (AvgIpc) is 2.69. The molecular formula is C19H20N6O3. The number of piperazine rings is 1. The van der Waals surface area contributed by atoms with Crippen LogP contribution in [0.2, 0.25) is 0 Å². The van der Waals surface area contributed by atoms with E-state index in [1.54, 1.807) is 30.6 Å². The number of nitrogens with two attached hydrogens (primary N) is 1. The van der Waals surface area contributed by atoms with Gasteiger partial charge in [0.25, 0.3) is 11.5 Å². The quantitative estimate of drug-likeness (QED) is 0.665. The van der Waals surface area contributed by atoms with E-state index in [4.69, 9.17) is 5.73 Å². The van der Waals surface area contributed by atoms with Crippen molar-refractivity contribution in [2.45, 2.75) is 6.54 Å². The molecule has 28 heavy (non-hydrogen) atoms. The summed E-state index contributed by atoms with van der Waals surface area (Å²) >= 11 is 0. The van der Waals surface area contributed by atoms with E-state index in [-0.39, 0.29) is 17.0 Å². The highest BCUT2D eigenvalue weighted by Gasteiger charge is 2.22. The van der Waals surface area contributed by atoms with E-state index < -0.39 is 5.91 Å². The topological polar surface area (TPSA) is 117 Å². The van der Waals surface area contributed by atoms with Gasteiger partial charge in [-0.2, -0.15) is 0 Å². The Kier molecular flexibility index (Phi) is 4.66. The van der Waals surface area contributed by atoms with E-state index in [2.05, 4.69) is 14.9 Å². The van der Waals surface area contributed by atoms with Crippen molar-refractivity contribution in [1.29, 1.82) is 0 Å². The maximum atomic E-state index is 12.3. The molecule has 3 aromatic heterocycles. The second-order valence-corrected chi connectivity index (χ2v) is 6.67. The van der Waals surface area contributed by atoms with E-state index in [1.807, 2.05) is 4.90 Å². The average molecular weight is 380 g/mol. The number of carbonyl (C=O) groups excluding carboxylic acids is 1. The summed E-state index contributed by atoms with van der Waals surface area (Å²) in [6.45, 7) is 3.29. The number of anilines is 1. The maximum absolute atomic E-state index is 12.3. The van der Waals surface area contributed by atoms with Crippen molar-refractivity contribution < 1.29 is 9.90 Å². The van der Waals surface area contributed by atoms with Gasteiger partial charge in [0.15, 0.2) is 11.4 Å². The molecule has 0 saturated carbocycles. The van der Waals surface area contributed by atoms with Crippen molar-refractivity contribution in [3.63, 3.8) is 0 Å². The minimum Gasteiger partial charge on any atom is -0.504 e. The molecule has 144 valence electrons. The van der Waals surface area contributed by atoms with Crippen molar-refractivity contribution in [2.24, 2.45) is 5.73 Å². The number of pyridine rings is 2. The molecule has 0 aliphatic carbocycles. The second-order valence-electron chi connectivity index (χ2n) is 6.67. The lowest BCUT2D eigenvalue weighted by Crippen LogP contribution is -2.47. The summed E-state index contributed by atoms with van der Waals surface area (Å²) in [6, 6.07) is 7.97. The molecule has 3 aromatic rings. The Hall–Kier alpha value is -3.46. The lowest BCUT2D eigenvalue weighted by Gasteiger charge is -2.35. The number of rotatable bonds is 4. The predicted octanol–water partition coefficient (Wildman–Crippen LogP) is 0.216. The molecule has 9 nitrogen and oxygen atoms in total. The van der Waals surface area contributed by atoms with Crippen molar-refractivity contribution >= 4 is 17.4 Å². The summed E-state index contributed by atoms with van der Waals surface area (Å²) in [5.41, 5.74) is 6.49. The minimum atomic E-state index is -0.494. The molecule has 1 aliphatic rings. The monoisotopic (exact) mass is 380 g/mol. The first kappa shape index (κ1) is 17.9. The lowest BCUT2D eigenvalue weighted by molar-refractivity contribution is 0.1000. The van der Waals surface area contributed by atoms with Crippen LogP contribution in [0.25, 0.3) is 5.65 Å². The molecule has 1 aliphatic heterocycles. The first-order chi connectivity index (χ1) is 13.5. The molecule has 1 saturated heterocycles. The fourth-order valence-corrected chi connectivity index (χ4v) is 3.43. The lowest BCUT2D eigenvalue weighted by atomic mass is 10.2. The maximum Gasteiger partial charge on any atom is 0.258 e. The highest BCUT2D eigenvalue weighted by atomic mass is 16.3. The van der Waals surface area contributed by atoms with Gasteiger partial charge in [-0.15, -0.1) is 0 Å². The number of carbonyl (C=O) groups is 1. The number of hydrogen-bond donors (Lipinski definition) is 2. The summed E-state index contributed by atoms with van der Waals surface area (Å²) in [7, 11) is 0. The van der Waals surface area contributed by atoms with E-state index >= 15 is 0 Å². The van der Waals surface area contributed by atoms with Crippen LogP contribution in [-0.4, -0.2) is 56.5 Å². The summed E-state index contributed by atoms with van der Waals surface area (Å²) in [6.07, 6.45) is 3.23. The molecule has 9 heteroatoms. The predicted molar refractivity (Wildman–Crippen MR) is 103 cm³/mol. The number of aromatic hydroxyl groups is 1.